The van der Waals surface area contributed by atoms with Crippen LogP contribution in [0.1, 0.15) is 29.9 Å². The molecule has 4 rings (SSSR count). The highest BCUT2D eigenvalue weighted by Gasteiger charge is 2.35. The molecule has 1 aromatic heterocycles. The van der Waals surface area contributed by atoms with Crippen LogP contribution in [0.25, 0.3) is 11.1 Å². The SMILES string of the molecule is Cc1cc(CC(=O)N2CCC[C@H]2C(=O)OCc2ccc(-c3ccccc3)cc2)on1. The van der Waals surface area contributed by atoms with Crippen molar-refractivity contribution in [1.29, 1.82) is 0 Å². The van der Waals surface area contributed by atoms with Gasteiger partial charge in [-0.2, -0.15) is 0 Å². The van der Waals surface area contributed by atoms with Gasteiger partial charge >= 0.3 is 5.97 Å². The van der Waals surface area contributed by atoms with Gasteiger partial charge in [0.2, 0.25) is 5.91 Å². The van der Waals surface area contributed by atoms with E-state index in [1.54, 1.807) is 17.9 Å². The molecule has 0 radical (unpaired) electrons. The highest BCUT2D eigenvalue weighted by Crippen LogP contribution is 2.22. The fraction of sp³-hybridized carbons (Fsp3) is 0.292. The number of aryl methyl sites for hydroxylation is 1. The Bertz CT molecular complexity index is 1010. The maximum absolute atomic E-state index is 12.6. The Hall–Kier alpha value is -3.41. The second kappa shape index (κ2) is 8.95. The molecule has 1 aliphatic rings. The van der Waals surface area contributed by atoms with E-state index in [4.69, 9.17) is 9.26 Å². The number of amides is 1. The predicted octanol–water partition coefficient (Wildman–Crippen LogP) is 3.93. The fourth-order valence-electron chi connectivity index (χ4n) is 3.74. The van der Waals surface area contributed by atoms with Gasteiger partial charge in [-0.15, -0.1) is 0 Å². The third-order valence-electron chi connectivity index (χ3n) is 5.29. The molecule has 3 aromatic rings. The van der Waals surface area contributed by atoms with Crippen LogP contribution in [0.3, 0.4) is 0 Å². The van der Waals surface area contributed by atoms with Crippen LogP contribution in [0, 0.1) is 6.92 Å². The Labute approximate surface area is 175 Å². The number of nitrogens with zero attached hydrogens (tertiary/aromatic N) is 2. The Balaban J connectivity index is 1.33. The number of hydrogen-bond acceptors (Lipinski definition) is 5. The molecule has 1 aliphatic heterocycles. The van der Waals surface area contributed by atoms with E-state index in [1.165, 1.54) is 0 Å². The number of carbonyl (C=O) groups is 2. The Morgan fingerprint density at radius 1 is 1.10 bits per heavy atom. The van der Waals surface area contributed by atoms with E-state index >= 15 is 0 Å². The molecule has 6 nitrogen and oxygen atoms in total. The van der Waals surface area contributed by atoms with Gasteiger partial charge in [-0.25, -0.2) is 4.79 Å². The minimum absolute atomic E-state index is 0.103. The number of carbonyl (C=O) groups excluding carboxylic acids is 2. The standard InChI is InChI=1S/C24H24N2O4/c1-17-14-21(30-25-17)15-23(27)26-13-5-8-22(26)24(28)29-16-18-9-11-20(12-10-18)19-6-3-2-4-7-19/h2-4,6-7,9-12,14,22H,5,8,13,15-16H2,1H3/t22-/m0/s1. The summed E-state index contributed by atoms with van der Waals surface area (Å²) in [6.07, 6.45) is 1.51. The van der Waals surface area contributed by atoms with Gasteiger partial charge in [0.1, 0.15) is 18.4 Å². The molecule has 2 aromatic carbocycles. The van der Waals surface area contributed by atoms with Crippen LogP contribution in [0.15, 0.2) is 65.2 Å². The third kappa shape index (κ3) is 4.59. The third-order valence-corrected chi connectivity index (χ3v) is 5.29. The van der Waals surface area contributed by atoms with E-state index < -0.39 is 6.04 Å². The molecule has 0 N–H and O–H groups in total. The molecule has 1 saturated heterocycles. The summed E-state index contributed by atoms with van der Waals surface area (Å²) < 4.78 is 10.6. The summed E-state index contributed by atoms with van der Waals surface area (Å²) in [5, 5.41) is 3.80. The van der Waals surface area contributed by atoms with Crippen molar-refractivity contribution in [3.05, 3.63) is 77.7 Å². The van der Waals surface area contributed by atoms with E-state index in [2.05, 4.69) is 17.3 Å². The number of ether oxygens (including phenoxy) is 1. The number of aromatic nitrogens is 1. The lowest BCUT2D eigenvalue weighted by atomic mass is 10.0. The molecule has 0 unspecified atom stereocenters. The van der Waals surface area contributed by atoms with Gasteiger partial charge in [0.05, 0.1) is 12.1 Å². The van der Waals surface area contributed by atoms with Crippen molar-refractivity contribution in [1.82, 2.24) is 10.1 Å². The normalized spacial score (nSPS) is 15.9. The van der Waals surface area contributed by atoms with Crippen LogP contribution >= 0.6 is 0 Å². The smallest absolute Gasteiger partial charge is 0.329 e. The zero-order valence-electron chi connectivity index (χ0n) is 16.9. The average Bonchev–Trinajstić information content (AvgIpc) is 3.42. The summed E-state index contributed by atoms with van der Waals surface area (Å²) in [4.78, 5) is 26.8. The maximum atomic E-state index is 12.6. The summed E-state index contributed by atoms with van der Waals surface area (Å²) >= 11 is 0. The Morgan fingerprint density at radius 2 is 1.83 bits per heavy atom. The van der Waals surface area contributed by atoms with E-state index in [-0.39, 0.29) is 24.9 Å². The molecule has 1 fully saturated rings. The van der Waals surface area contributed by atoms with Crippen LogP contribution in [0.4, 0.5) is 0 Å². The zero-order valence-corrected chi connectivity index (χ0v) is 16.9. The van der Waals surface area contributed by atoms with Gasteiger partial charge in [0.15, 0.2) is 0 Å². The first-order valence-electron chi connectivity index (χ1n) is 10.1. The molecule has 1 atom stereocenters. The number of hydrogen-bond donors (Lipinski definition) is 0. The van der Waals surface area contributed by atoms with Crippen LogP contribution in [-0.4, -0.2) is 34.5 Å². The van der Waals surface area contributed by atoms with Crippen LogP contribution in [-0.2, 0) is 27.4 Å². The van der Waals surface area contributed by atoms with Crippen molar-refractivity contribution in [3.63, 3.8) is 0 Å². The van der Waals surface area contributed by atoms with Gasteiger partial charge in [0, 0.05) is 12.6 Å². The van der Waals surface area contributed by atoms with Crippen LogP contribution in [0.5, 0.6) is 0 Å². The number of benzene rings is 2. The van der Waals surface area contributed by atoms with Crippen molar-refractivity contribution >= 4 is 11.9 Å². The maximum Gasteiger partial charge on any atom is 0.329 e. The predicted molar refractivity (Wildman–Crippen MR) is 111 cm³/mol. The van der Waals surface area contributed by atoms with Crippen molar-refractivity contribution in [3.8, 4) is 11.1 Å². The van der Waals surface area contributed by atoms with E-state index in [0.29, 0.717) is 18.7 Å². The molecule has 0 aliphatic carbocycles. The summed E-state index contributed by atoms with van der Waals surface area (Å²) in [6.45, 7) is 2.55. The molecular formula is C24H24N2O4. The summed E-state index contributed by atoms with van der Waals surface area (Å²) in [5.74, 6) is 0.00886. The van der Waals surface area contributed by atoms with Crippen molar-refractivity contribution in [2.45, 2.75) is 38.8 Å². The topological polar surface area (TPSA) is 72.6 Å². The van der Waals surface area contributed by atoms with Gasteiger partial charge in [0.25, 0.3) is 0 Å². The molecule has 30 heavy (non-hydrogen) atoms. The lowest BCUT2D eigenvalue weighted by molar-refractivity contribution is -0.154. The van der Waals surface area contributed by atoms with Crippen molar-refractivity contribution in [2.75, 3.05) is 6.54 Å². The lowest BCUT2D eigenvalue weighted by Gasteiger charge is -2.23. The minimum Gasteiger partial charge on any atom is -0.459 e. The number of esters is 1. The summed E-state index contributed by atoms with van der Waals surface area (Å²) in [5.41, 5.74) is 3.90. The lowest BCUT2D eigenvalue weighted by Crippen LogP contribution is -2.42. The highest BCUT2D eigenvalue weighted by molar-refractivity contribution is 5.86. The molecule has 1 amide bonds. The zero-order chi connectivity index (χ0) is 20.9. The molecule has 6 heteroatoms. The van der Waals surface area contributed by atoms with E-state index in [0.717, 1.165) is 28.8 Å². The van der Waals surface area contributed by atoms with Crippen LogP contribution < -0.4 is 0 Å². The Morgan fingerprint density at radius 3 is 2.53 bits per heavy atom. The fourth-order valence-corrected chi connectivity index (χ4v) is 3.74. The van der Waals surface area contributed by atoms with E-state index in [1.807, 2.05) is 42.5 Å². The van der Waals surface area contributed by atoms with Crippen LogP contribution in [0.2, 0.25) is 0 Å². The number of likely N-dealkylation sites (tertiary alicyclic amines) is 1. The van der Waals surface area contributed by atoms with Crippen molar-refractivity contribution in [2.24, 2.45) is 0 Å². The first-order valence-corrected chi connectivity index (χ1v) is 10.1. The largest absolute Gasteiger partial charge is 0.459 e. The summed E-state index contributed by atoms with van der Waals surface area (Å²) in [6, 6.07) is 19.3. The van der Waals surface area contributed by atoms with Gasteiger partial charge in [-0.1, -0.05) is 59.8 Å². The monoisotopic (exact) mass is 404 g/mol. The second-order valence-electron chi connectivity index (χ2n) is 7.53. The van der Waals surface area contributed by atoms with Gasteiger partial charge < -0.3 is 14.2 Å². The van der Waals surface area contributed by atoms with Gasteiger partial charge in [-0.3, -0.25) is 4.79 Å². The first-order chi connectivity index (χ1) is 14.6. The first kappa shape index (κ1) is 19.9. The molecular weight excluding hydrogens is 380 g/mol. The molecule has 154 valence electrons. The second-order valence-corrected chi connectivity index (χ2v) is 7.53. The molecule has 0 saturated carbocycles. The molecule has 2 heterocycles. The van der Waals surface area contributed by atoms with Crippen molar-refractivity contribution < 1.29 is 18.8 Å². The Kier molecular flexibility index (Phi) is 5.93. The minimum atomic E-state index is -0.537. The average molecular weight is 404 g/mol. The van der Waals surface area contributed by atoms with E-state index in [9.17, 15) is 9.59 Å². The summed E-state index contributed by atoms with van der Waals surface area (Å²) in [7, 11) is 0. The number of rotatable bonds is 6. The quantitative estimate of drug-likeness (QED) is 0.582. The van der Waals surface area contributed by atoms with Gasteiger partial charge in [-0.05, 0) is 36.5 Å². The highest BCUT2D eigenvalue weighted by atomic mass is 16.5. The molecule has 0 bridgehead atoms. The molecule has 0 spiro atoms.